The minimum absolute atomic E-state index is 0.235. The Hall–Kier alpha value is -0.820. The van der Waals surface area contributed by atoms with Gasteiger partial charge in [-0.1, -0.05) is 68.4 Å². The first-order valence-corrected chi connectivity index (χ1v) is 7.08. The van der Waals surface area contributed by atoms with Crippen LogP contribution in [0.5, 0.6) is 0 Å². The van der Waals surface area contributed by atoms with Crippen molar-refractivity contribution >= 4 is 0 Å². The van der Waals surface area contributed by atoms with E-state index in [9.17, 15) is 0 Å². The predicted molar refractivity (Wildman–Crippen MR) is 73.9 cm³/mol. The van der Waals surface area contributed by atoms with Crippen molar-refractivity contribution in [3.63, 3.8) is 0 Å². The molecule has 1 heteroatoms. The third-order valence-electron chi connectivity index (χ3n) is 4.07. The van der Waals surface area contributed by atoms with Gasteiger partial charge in [-0.3, -0.25) is 0 Å². The fourth-order valence-corrected chi connectivity index (χ4v) is 2.91. The molecule has 1 nitrogen and oxygen atoms in total. The average molecular weight is 231 g/mol. The average Bonchev–Trinajstić information content (AvgIpc) is 2.58. The first kappa shape index (κ1) is 12.6. The van der Waals surface area contributed by atoms with Gasteiger partial charge in [0.25, 0.3) is 0 Å². The summed E-state index contributed by atoms with van der Waals surface area (Å²) < 4.78 is 0. The Kier molecular flexibility index (Phi) is 4.61. The number of hydrogen-bond acceptors (Lipinski definition) is 1. The molecular weight excluding hydrogens is 206 g/mol. The second-order valence-electron chi connectivity index (χ2n) is 5.61. The van der Waals surface area contributed by atoms with Gasteiger partial charge in [0, 0.05) is 6.04 Å². The molecule has 1 saturated carbocycles. The van der Waals surface area contributed by atoms with Crippen LogP contribution >= 0.6 is 0 Å². The van der Waals surface area contributed by atoms with Gasteiger partial charge < -0.3 is 5.73 Å². The number of aryl methyl sites for hydroxylation is 1. The van der Waals surface area contributed by atoms with Crippen LogP contribution in [0.15, 0.2) is 24.3 Å². The summed E-state index contributed by atoms with van der Waals surface area (Å²) in [6.07, 6.45) is 9.62. The molecule has 1 aliphatic rings. The van der Waals surface area contributed by atoms with Crippen molar-refractivity contribution in [2.24, 2.45) is 11.7 Å². The van der Waals surface area contributed by atoms with E-state index in [0.717, 1.165) is 5.92 Å². The van der Waals surface area contributed by atoms with E-state index in [1.807, 2.05) is 0 Å². The summed E-state index contributed by atoms with van der Waals surface area (Å²) in [6.45, 7) is 2.13. The summed E-state index contributed by atoms with van der Waals surface area (Å²) in [4.78, 5) is 0. The summed E-state index contributed by atoms with van der Waals surface area (Å²) in [5.74, 6) is 0.855. The number of rotatable bonds is 3. The molecule has 1 aliphatic carbocycles. The lowest BCUT2D eigenvalue weighted by Gasteiger charge is -2.19. The fraction of sp³-hybridized carbons (Fsp3) is 0.625. The molecule has 2 N–H and O–H groups in total. The molecule has 2 rings (SSSR count). The lowest BCUT2D eigenvalue weighted by atomic mass is 9.90. The molecular formula is C16H25N. The third-order valence-corrected chi connectivity index (χ3v) is 4.07. The van der Waals surface area contributed by atoms with Crippen molar-refractivity contribution in [3.8, 4) is 0 Å². The summed E-state index contributed by atoms with van der Waals surface area (Å²) in [5.41, 5.74) is 8.95. The van der Waals surface area contributed by atoms with E-state index in [2.05, 4.69) is 31.2 Å². The lowest BCUT2D eigenvalue weighted by molar-refractivity contribution is 0.393. The second kappa shape index (κ2) is 6.20. The van der Waals surface area contributed by atoms with Crippen LogP contribution in [0.25, 0.3) is 0 Å². The van der Waals surface area contributed by atoms with Crippen molar-refractivity contribution < 1.29 is 0 Å². The van der Waals surface area contributed by atoms with E-state index >= 15 is 0 Å². The third kappa shape index (κ3) is 3.85. The van der Waals surface area contributed by atoms with Crippen LogP contribution < -0.4 is 5.73 Å². The van der Waals surface area contributed by atoms with E-state index in [1.54, 1.807) is 0 Å². The van der Waals surface area contributed by atoms with Crippen molar-refractivity contribution in [2.45, 2.75) is 57.9 Å². The molecule has 0 aromatic heterocycles. The van der Waals surface area contributed by atoms with Gasteiger partial charge in [0.1, 0.15) is 0 Å². The Morgan fingerprint density at radius 2 is 1.65 bits per heavy atom. The minimum Gasteiger partial charge on any atom is -0.324 e. The maximum Gasteiger partial charge on any atom is 0.0297 e. The molecule has 1 atom stereocenters. The van der Waals surface area contributed by atoms with Crippen molar-refractivity contribution in [1.82, 2.24) is 0 Å². The molecule has 17 heavy (non-hydrogen) atoms. The van der Waals surface area contributed by atoms with Crippen LogP contribution in [0.2, 0.25) is 0 Å². The smallest absolute Gasteiger partial charge is 0.0297 e. The van der Waals surface area contributed by atoms with Crippen LogP contribution in [-0.2, 0) is 0 Å². The van der Waals surface area contributed by atoms with Gasteiger partial charge in [0.2, 0.25) is 0 Å². The second-order valence-corrected chi connectivity index (χ2v) is 5.61. The maximum atomic E-state index is 6.33. The molecule has 0 heterocycles. The molecule has 1 fully saturated rings. The summed E-state index contributed by atoms with van der Waals surface area (Å²) in [5, 5.41) is 0. The van der Waals surface area contributed by atoms with E-state index in [-0.39, 0.29) is 6.04 Å². The lowest BCUT2D eigenvalue weighted by Crippen LogP contribution is -2.15. The normalized spacial score (nSPS) is 19.9. The minimum atomic E-state index is 0.235. The molecule has 0 spiro atoms. The Balaban J connectivity index is 1.91. The van der Waals surface area contributed by atoms with Crippen molar-refractivity contribution in [2.75, 3.05) is 0 Å². The Bertz CT molecular complexity index is 320. The molecule has 1 aromatic rings. The monoisotopic (exact) mass is 231 g/mol. The fourth-order valence-electron chi connectivity index (χ4n) is 2.91. The summed E-state index contributed by atoms with van der Waals surface area (Å²) >= 11 is 0. The Labute approximate surface area is 105 Å². The molecule has 1 aromatic carbocycles. The van der Waals surface area contributed by atoms with Gasteiger partial charge in [0.05, 0.1) is 0 Å². The van der Waals surface area contributed by atoms with Crippen LogP contribution in [0.4, 0.5) is 0 Å². The molecule has 0 saturated heterocycles. The topological polar surface area (TPSA) is 26.0 Å². The summed E-state index contributed by atoms with van der Waals surface area (Å²) in [6, 6.07) is 8.96. The van der Waals surface area contributed by atoms with Crippen LogP contribution in [0.3, 0.4) is 0 Å². The van der Waals surface area contributed by atoms with Crippen LogP contribution in [0.1, 0.15) is 62.1 Å². The Morgan fingerprint density at radius 3 is 2.24 bits per heavy atom. The van der Waals surface area contributed by atoms with Gasteiger partial charge in [-0.2, -0.15) is 0 Å². The van der Waals surface area contributed by atoms with Gasteiger partial charge in [-0.05, 0) is 24.8 Å². The molecule has 0 aliphatic heterocycles. The highest BCUT2D eigenvalue weighted by atomic mass is 14.6. The van der Waals surface area contributed by atoms with Crippen molar-refractivity contribution in [1.29, 1.82) is 0 Å². The molecule has 0 radical (unpaired) electrons. The maximum absolute atomic E-state index is 6.33. The van der Waals surface area contributed by atoms with Gasteiger partial charge >= 0.3 is 0 Å². The molecule has 0 bridgehead atoms. The molecule has 1 unspecified atom stereocenters. The van der Waals surface area contributed by atoms with Gasteiger partial charge in [0.15, 0.2) is 0 Å². The van der Waals surface area contributed by atoms with Crippen LogP contribution in [0, 0.1) is 12.8 Å². The zero-order valence-corrected chi connectivity index (χ0v) is 11.0. The van der Waals surface area contributed by atoms with Gasteiger partial charge in [-0.25, -0.2) is 0 Å². The van der Waals surface area contributed by atoms with Crippen LogP contribution in [-0.4, -0.2) is 0 Å². The highest BCUT2D eigenvalue weighted by Crippen LogP contribution is 2.30. The van der Waals surface area contributed by atoms with E-state index in [1.165, 1.54) is 56.1 Å². The first-order chi connectivity index (χ1) is 8.25. The largest absolute Gasteiger partial charge is 0.324 e. The quantitative estimate of drug-likeness (QED) is 0.769. The standard InChI is InChI=1S/C16H25N/c1-13-8-10-15(11-9-13)16(17)12-14-6-4-2-3-5-7-14/h8-11,14,16H,2-7,12,17H2,1H3. The van der Waals surface area contributed by atoms with Gasteiger partial charge in [-0.15, -0.1) is 0 Å². The SMILES string of the molecule is Cc1ccc(C(N)CC2CCCCCC2)cc1. The zero-order chi connectivity index (χ0) is 12.1. The highest BCUT2D eigenvalue weighted by Gasteiger charge is 2.16. The number of benzene rings is 1. The zero-order valence-electron chi connectivity index (χ0n) is 11.0. The van der Waals surface area contributed by atoms with Crippen molar-refractivity contribution in [3.05, 3.63) is 35.4 Å². The van der Waals surface area contributed by atoms with E-state index in [0.29, 0.717) is 0 Å². The first-order valence-electron chi connectivity index (χ1n) is 7.08. The summed E-state index contributed by atoms with van der Waals surface area (Å²) in [7, 11) is 0. The Morgan fingerprint density at radius 1 is 1.06 bits per heavy atom. The molecule has 0 amide bonds. The van der Waals surface area contributed by atoms with E-state index in [4.69, 9.17) is 5.73 Å². The molecule has 94 valence electrons. The number of hydrogen-bond donors (Lipinski definition) is 1. The number of nitrogens with two attached hydrogens (primary N) is 1. The predicted octanol–water partition coefficient (Wildman–Crippen LogP) is 4.36. The highest BCUT2D eigenvalue weighted by molar-refractivity contribution is 5.23. The van der Waals surface area contributed by atoms with E-state index < -0.39 is 0 Å².